The van der Waals surface area contributed by atoms with Gasteiger partial charge < -0.3 is 10.3 Å². The fourth-order valence-electron chi connectivity index (χ4n) is 2.46. The van der Waals surface area contributed by atoms with Crippen LogP contribution in [0.3, 0.4) is 0 Å². The molecule has 1 fully saturated rings. The first-order chi connectivity index (χ1) is 10.8. The van der Waals surface area contributed by atoms with Gasteiger partial charge in [-0.3, -0.25) is 0 Å². The molecule has 7 nitrogen and oxygen atoms in total. The first kappa shape index (κ1) is 18.9. The van der Waals surface area contributed by atoms with Gasteiger partial charge in [0, 0.05) is 0 Å². The van der Waals surface area contributed by atoms with Crippen molar-refractivity contribution in [1.82, 2.24) is 14.9 Å². The molecule has 24 heavy (non-hydrogen) atoms. The second kappa shape index (κ2) is 6.79. The maximum atomic E-state index is 12.4. The molecule has 9 heteroatoms. The maximum absolute atomic E-state index is 12.4. The van der Waals surface area contributed by atoms with Crippen LogP contribution in [0.1, 0.15) is 49.5 Å². The Labute approximate surface area is 147 Å². The van der Waals surface area contributed by atoms with Crippen LogP contribution in [0, 0.1) is 6.92 Å². The summed E-state index contributed by atoms with van der Waals surface area (Å²) in [6, 6.07) is 5.99. The molecule has 1 heterocycles. The van der Waals surface area contributed by atoms with Gasteiger partial charge in [-0.2, -0.15) is 9.71 Å². The standard InChI is InChI=1S/C15H20N4O3S.ClH/c1-10-4-6-12(7-5-10)23(20,21)19-11(2)13-17-14(18-22-13)15(16)8-3-9-15;/h4-7,11,19H,3,8-9,16H2,1-2H3;1H. The van der Waals surface area contributed by atoms with Crippen molar-refractivity contribution in [3.8, 4) is 0 Å². The van der Waals surface area contributed by atoms with Crippen molar-refractivity contribution in [1.29, 1.82) is 0 Å². The molecule has 1 saturated carbocycles. The second-order valence-corrected chi connectivity index (χ2v) is 7.84. The van der Waals surface area contributed by atoms with Gasteiger partial charge in [0.2, 0.25) is 15.9 Å². The normalized spacial score (nSPS) is 17.6. The van der Waals surface area contributed by atoms with E-state index in [1.54, 1.807) is 31.2 Å². The van der Waals surface area contributed by atoms with Crippen molar-refractivity contribution >= 4 is 22.4 Å². The van der Waals surface area contributed by atoms with Crippen LogP contribution in [0.15, 0.2) is 33.7 Å². The van der Waals surface area contributed by atoms with E-state index in [1.807, 2.05) is 6.92 Å². The van der Waals surface area contributed by atoms with Crippen molar-refractivity contribution < 1.29 is 12.9 Å². The van der Waals surface area contributed by atoms with Crippen molar-refractivity contribution in [3.05, 3.63) is 41.5 Å². The van der Waals surface area contributed by atoms with Crippen molar-refractivity contribution in [3.63, 3.8) is 0 Å². The number of hydrogen-bond donors (Lipinski definition) is 2. The lowest BCUT2D eigenvalue weighted by atomic mass is 9.77. The molecule has 2 aromatic rings. The summed E-state index contributed by atoms with van der Waals surface area (Å²) in [5.41, 5.74) is 6.61. The Morgan fingerprint density at radius 2 is 1.92 bits per heavy atom. The van der Waals surface area contributed by atoms with Crippen molar-refractivity contribution in [2.45, 2.75) is 49.6 Å². The predicted octanol–water partition coefficient (Wildman–Crippen LogP) is 2.18. The van der Waals surface area contributed by atoms with Gasteiger partial charge in [-0.05, 0) is 45.2 Å². The van der Waals surface area contributed by atoms with E-state index in [0.29, 0.717) is 5.82 Å². The average molecular weight is 373 g/mol. The van der Waals surface area contributed by atoms with Crippen LogP contribution >= 0.6 is 12.4 Å². The number of nitrogens with one attached hydrogen (secondary N) is 1. The molecule has 1 aliphatic carbocycles. The highest BCUT2D eigenvalue weighted by molar-refractivity contribution is 7.89. The molecule has 1 aromatic heterocycles. The van der Waals surface area contributed by atoms with E-state index in [0.717, 1.165) is 24.8 Å². The van der Waals surface area contributed by atoms with Crippen molar-refractivity contribution in [2.24, 2.45) is 5.73 Å². The number of nitrogens with zero attached hydrogens (tertiary/aromatic N) is 2. The van der Waals surface area contributed by atoms with E-state index < -0.39 is 21.6 Å². The predicted molar refractivity (Wildman–Crippen MR) is 91.2 cm³/mol. The van der Waals surface area contributed by atoms with Gasteiger partial charge in [-0.1, -0.05) is 22.9 Å². The lowest BCUT2D eigenvalue weighted by Crippen LogP contribution is -2.44. The lowest BCUT2D eigenvalue weighted by molar-refractivity contribution is 0.228. The van der Waals surface area contributed by atoms with Crippen LogP contribution in [0.4, 0.5) is 0 Å². The fourth-order valence-corrected chi connectivity index (χ4v) is 3.66. The van der Waals surface area contributed by atoms with Gasteiger partial charge in [-0.25, -0.2) is 8.42 Å². The Hall–Kier alpha value is -1.48. The summed E-state index contributed by atoms with van der Waals surface area (Å²) in [6.07, 6.45) is 2.67. The molecule has 1 aromatic carbocycles. The van der Waals surface area contributed by atoms with Gasteiger partial charge in [0.1, 0.15) is 0 Å². The Balaban J connectivity index is 0.00000208. The zero-order chi connectivity index (χ0) is 16.7. The number of nitrogens with two attached hydrogens (primary N) is 1. The lowest BCUT2D eigenvalue weighted by Gasteiger charge is -2.34. The third kappa shape index (κ3) is 3.61. The smallest absolute Gasteiger partial charge is 0.244 e. The third-order valence-electron chi connectivity index (χ3n) is 4.17. The number of hydrogen-bond acceptors (Lipinski definition) is 6. The van der Waals surface area contributed by atoms with E-state index >= 15 is 0 Å². The molecule has 1 atom stereocenters. The zero-order valence-electron chi connectivity index (χ0n) is 13.5. The summed E-state index contributed by atoms with van der Waals surface area (Å²) < 4.78 is 32.5. The summed E-state index contributed by atoms with van der Waals surface area (Å²) in [6.45, 7) is 3.56. The quantitative estimate of drug-likeness (QED) is 0.832. The summed E-state index contributed by atoms with van der Waals surface area (Å²) in [4.78, 5) is 4.46. The molecule has 3 N–H and O–H groups in total. The van der Waals surface area contributed by atoms with Gasteiger partial charge in [0.25, 0.3) is 0 Å². The van der Waals surface area contributed by atoms with Gasteiger partial charge >= 0.3 is 0 Å². The van der Waals surface area contributed by atoms with Gasteiger partial charge in [0.15, 0.2) is 5.82 Å². The highest BCUT2D eigenvalue weighted by Crippen LogP contribution is 2.37. The average Bonchev–Trinajstić information content (AvgIpc) is 2.95. The van der Waals surface area contributed by atoms with Crippen LogP contribution in [0.2, 0.25) is 0 Å². The Kier molecular flexibility index (Phi) is 5.34. The first-order valence-electron chi connectivity index (χ1n) is 7.52. The van der Waals surface area contributed by atoms with Crippen LogP contribution in [0.5, 0.6) is 0 Å². The fraction of sp³-hybridized carbons (Fsp3) is 0.467. The minimum atomic E-state index is -3.65. The Bertz CT molecular complexity index is 800. The highest BCUT2D eigenvalue weighted by Gasteiger charge is 2.39. The van der Waals surface area contributed by atoms with Crippen LogP contribution in [-0.4, -0.2) is 18.6 Å². The first-order valence-corrected chi connectivity index (χ1v) is 9.00. The molecule has 0 bridgehead atoms. The number of halogens is 1. The summed E-state index contributed by atoms with van der Waals surface area (Å²) in [5.74, 6) is 0.660. The molecular weight excluding hydrogens is 352 g/mol. The molecule has 1 aliphatic rings. The molecule has 0 amide bonds. The number of benzene rings is 1. The molecule has 132 valence electrons. The van der Waals surface area contributed by atoms with E-state index in [9.17, 15) is 8.42 Å². The van der Waals surface area contributed by atoms with Gasteiger partial charge in [0.05, 0.1) is 16.5 Å². The number of aryl methyl sites for hydroxylation is 1. The molecule has 3 rings (SSSR count). The second-order valence-electron chi connectivity index (χ2n) is 6.12. The van der Waals surface area contributed by atoms with E-state index in [2.05, 4.69) is 14.9 Å². The zero-order valence-corrected chi connectivity index (χ0v) is 15.2. The molecule has 1 unspecified atom stereocenters. The number of sulfonamides is 1. The molecule has 0 aliphatic heterocycles. The molecule has 0 spiro atoms. The summed E-state index contributed by atoms with van der Waals surface area (Å²) in [7, 11) is -3.65. The Morgan fingerprint density at radius 3 is 2.46 bits per heavy atom. The maximum Gasteiger partial charge on any atom is 0.244 e. The summed E-state index contributed by atoms with van der Waals surface area (Å²) in [5, 5.41) is 3.90. The number of aromatic nitrogens is 2. The SMILES string of the molecule is Cc1ccc(S(=O)(=O)NC(C)c2nc(C3(N)CCC3)no2)cc1.Cl. The van der Waals surface area contributed by atoms with Gasteiger partial charge in [-0.15, -0.1) is 12.4 Å². The Morgan fingerprint density at radius 1 is 1.29 bits per heavy atom. The minimum Gasteiger partial charge on any atom is -0.338 e. The van der Waals surface area contributed by atoms with E-state index in [-0.39, 0.29) is 23.2 Å². The molecule has 0 radical (unpaired) electrons. The monoisotopic (exact) mass is 372 g/mol. The third-order valence-corrected chi connectivity index (χ3v) is 5.72. The van der Waals surface area contributed by atoms with E-state index in [4.69, 9.17) is 10.3 Å². The van der Waals surface area contributed by atoms with Crippen LogP contribution < -0.4 is 10.5 Å². The van der Waals surface area contributed by atoms with E-state index in [1.165, 1.54) is 0 Å². The number of rotatable bonds is 5. The summed E-state index contributed by atoms with van der Waals surface area (Å²) >= 11 is 0. The van der Waals surface area contributed by atoms with Crippen LogP contribution in [0.25, 0.3) is 0 Å². The van der Waals surface area contributed by atoms with Crippen LogP contribution in [-0.2, 0) is 15.6 Å². The molecule has 0 saturated heterocycles. The largest absolute Gasteiger partial charge is 0.338 e. The highest BCUT2D eigenvalue weighted by atomic mass is 35.5. The minimum absolute atomic E-state index is 0. The van der Waals surface area contributed by atoms with Crippen molar-refractivity contribution in [2.75, 3.05) is 0 Å². The topological polar surface area (TPSA) is 111 Å². The molecular formula is C15H21ClN4O3S.